The molecule has 2 N–H and O–H groups in total. The summed E-state index contributed by atoms with van der Waals surface area (Å²) in [4.78, 5) is 20.3. The molecule has 9 heteroatoms. The van der Waals surface area contributed by atoms with Crippen molar-refractivity contribution in [1.82, 2.24) is 15.2 Å². The molecule has 0 radical (unpaired) electrons. The Morgan fingerprint density at radius 1 is 1.52 bits per heavy atom. The van der Waals surface area contributed by atoms with Crippen molar-refractivity contribution in [2.45, 2.75) is 25.9 Å². The average Bonchev–Trinajstić information content (AvgIpc) is 3.06. The Balaban J connectivity index is 0.00000110. The largest absolute Gasteiger partial charge is 0.301 e. The van der Waals surface area contributed by atoms with Crippen molar-refractivity contribution in [3.63, 3.8) is 0 Å². The average molecular weight is 371 g/mol. The van der Waals surface area contributed by atoms with Crippen molar-refractivity contribution in [3.05, 3.63) is 10.6 Å². The number of carbonyl (C=O) groups is 1. The van der Waals surface area contributed by atoms with Crippen LogP contribution in [0, 0.1) is 0 Å². The number of fused-ring (bicyclic) bond motifs is 1. The van der Waals surface area contributed by atoms with Crippen LogP contribution < -0.4 is 10.6 Å². The molecule has 2 aliphatic rings. The van der Waals surface area contributed by atoms with Gasteiger partial charge in [0.15, 0.2) is 5.13 Å². The molecular weight excluding hydrogens is 351 g/mol. The number of anilines is 1. The third kappa shape index (κ3) is 4.46. The predicted octanol–water partition coefficient (Wildman–Crippen LogP) is 1.97. The molecule has 5 nitrogen and oxygen atoms in total. The Bertz CT molecular complexity index is 480. The van der Waals surface area contributed by atoms with Crippen LogP contribution in [-0.2, 0) is 17.8 Å². The highest BCUT2D eigenvalue weighted by molar-refractivity contribution is 7.99. The van der Waals surface area contributed by atoms with Crippen LogP contribution in [0.25, 0.3) is 0 Å². The second-order valence-corrected chi connectivity index (χ2v) is 6.88. The molecule has 1 fully saturated rings. The number of aromatic nitrogens is 1. The molecule has 0 spiro atoms. The maximum Gasteiger partial charge on any atom is 0.244 e. The van der Waals surface area contributed by atoms with Gasteiger partial charge in [-0.3, -0.25) is 15.0 Å². The fourth-order valence-corrected chi connectivity index (χ4v) is 4.32. The molecule has 1 unspecified atom stereocenters. The lowest BCUT2D eigenvalue weighted by molar-refractivity contribution is -0.117. The predicted molar refractivity (Wildman–Crippen MR) is 94.1 cm³/mol. The topological polar surface area (TPSA) is 57.3 Å². The van der Waals surface area contributed by atoms with Crippen LogP contribution in [0.5, 0.6) is 0 Å². The lowest BCUT2D eigenvalue weighted by Gasteiger charge is -2.23. The van der Waals surface area contributed by atoms with Crippen molar-refractivity contribution in [1.29, 1.82) is 0 Å². The summed E-state index contributed by atoms with van der Waals surface area (Å²) in [5, 5.41) is 6.88. The van der Waals surface area contributed by atoms with Gasteiger partial charge in [0.1, 0.15) is 0 Å². The Hall–Kier alpha value is -0.0500. The van der Waals surface area contributed by atoms with E-state index < -0.39 is 0 Å². The number of rotatable bonds is 3. The molecule has 120 valence electrons. The molecule has 0 saturated carbocycles. The van der Waals surface area contributed by atoms with E-state index in [0.717, 1.165) is 42.8 Å². The summed E-state index contributed by atoms with van der Waals surface area (Å²) < 4.78 is 0. The lowest BCUT2D eigenvalue weighted by atomic mass is 10.2. The molecule has 1 saturated heterocycles. The fourth-order valence-electron chi connectivity index (χ4n) is 2.33. The zero-order chi connectivity index (χ0) is 13.2. The molecule has 1 amide bonds. The summed E-state index contributed by atoms with van der Waals surface area (Å²) in [6.45, 7) is 5.29. The van der Waals surface area contributed by atoms with Crippen molar-refractivity contribution >= 4 is 59.0 Å². The van der Waals surface area contributed by atoms with E-state index in [4.69, 9.17) is 0 Å². The van der Waals surface area contributed by atoms with Gasteiger partial charge in [-0.05, 0) is 6.54 Å². The van der Waals surface area contributed by atoms with Gasteiger partial charge in [0.25, 0.3) is 0 Å². The van der Waals surface area contributed by atoms with Crippen molar-refractivity contribution in [2.24, 2.45) is 0 Å². The first-order valence-corrected chi connectivity index (χ1v) is 8.56. The molecule has 0 aliphatic carbocycles. The van der Waals surface area contributed by atoms with E-state index in [1.807, 2.05) is 0 Å². The number of halogens is 2. The van der Waals surface area contributed by atoms with E-state index in [2.05, 4.69) is 27.4 Å². The van der Waals surface area contributed by atoms with E-state index in [1.54, 1.807) is 23.1 Å². The quantitative estimate of drug-likeness (QED) is 0.851. The molecule has 3 rings (SSSR count). The van der Waals surface area contributed by atoms with Crippen LogP contribution in [0.2, 0.25) is 0 Å². The van der Waals surface area contributed by atoms with Gasteiger partial charge in [0.05, 0.1) is 11.7 Å². The highest BCUT2D eigenvalue weighted by Gasteiger charge is 2.25. The molecule has 2 aliphatic heterocycles. The minimum absolute atomic E-state index is 0. The van der Waals surface area contributed by atoms with Gasteiger partial charge >= 0.3 is 0 Å². The van der Waals surface area contributed by atoms with Crippen molar-refractivity contribution in [2.75, 3.05) is 30.0 Å². The van der Waals surface area contributed by atoms with Gasteiger partial charge in [-0.25, -0.2) is 4.98 Å². The van der Waals surface area contributed by atoms with Crippen LogP contribution in [0.3, 0.4) is 0 Å². The van der Waals surface area contributed by atoms with E-state index in [1.165, 1.54) is 10.6 Å². The number of thioether (sulfide) groups is 1. The number of thiazole rings is 1. The summed E-state index contributed by atoms with van der Waals surface area (Å²) in [6.07, 6.45) is 0.993. The molecule has 21 heavy (non-hydrogen) atoms. The maximum absolute atomic E-state index is 12.0. The number of hydrogen-bond acceptors (Lipinski definition) is 6. The van der Waals surface area contributed by atoms with E-state index in [9.17, 15) is 4.79 Å². The molecule has 1 aromatic rings. The molecule has 3 heterocycles. The highest BCUT2D eigenvalue weighted by Crippen LogP contribution is 2.28. The van der Waals surface area contributed by atoms with Gasteiger partial charge in [-0.1, -0.05) is 6.92 Å². The van der Waals surface area contributed by atoms with E-state index in [-0.39, 0.29) is 36.8 Å². The number of nitrogens with one attached hydrogen (secondary N) is 2. The first-order chi connectivity index (χ1) is 9.26. The van der Waals surface area contributed by atoms with Gasteiger partial charge in [0, 0.05) is 36.0 Å². The number of hydrogen-bond donors (Lipinski definition) is 2. The van der Waals surface area contributed by atoms with E-state index >= 15 is 0 Å². The molecule has 1 aromatic heterocycles. The Labute approximate surface area is 145 Å². The van der Waals surface area contributed by atoms with Crippen LogP contribution in [0.15, 0.2) is 0 Å². The summed E-state index contributed by atoms with van der Waals surface area (Å²) >= 11 is 3.38. The standard InChI is InChI=1S/C12H18N4OS2.2ClH/c1-2-16-4-3-8-10(5-16)19-12(14-8)15-11(17)9-6-18-7-13-9;;/h9,13H,2-7H2,1H3,(H,14,15,17);2*1H. The van der Waals surface area contributed by atoms with E-state index in [0.29, 0.717) is 0 Å². The molecule has 0 aromatic carbocycles. The lowest BCUT2D eigenvalue weighted by Crippen LogP contribution is -2.37. The van der Waals surface area contributed by atoms with Crippen LogP contribution in [0.4, 0.5) is 5.13 Å². The van der Waals surface area contributed by atoms with Crippen LogP contribution in [-0.4, -0.2) is 46.6 Å². The maximum atomic E-state index is 12.0. The summed E-state index contributed by atoms with van der Waals surface area (Å²) in [7, 11) is 0. The Kier molecular flexibility index (Phi) is 7.73. The Morgan fingerprint density at radius 2 is 2.33 bits per heavy atom. The zero-order valence-electron chi connectivity index (χ0n) is 11.8. The summed E-state index contributed by atoms with van der Waals surface area (Å²) in [5.41, 5.74) is 1.17. The fraction of sp³-hybridized carbons (Fsp3) is 0.667. The smallest absolute Gasteiger partial charge is 0.244 e. The van der Waals surface area contributed by atoms with Gasteiger partial charge < -0.3 is 5.32 Å². The molecular formula is C12H20Cl2N4OS2. The number of carbonyl (C=O) groups excluding carboxylic acids is 1. The van der Waals surface area contributed by atoms with Gasteiger partial charge in [0.2, 0.25) is 5.91 Å². The van der Waals surface area contributed by atoms with Crippen LogP contribution >= 0.6 is 47.9 Å². The minimum Gasteiger partial charge on any atom is -0.301 e. The minimum atomic E-state index is -0.0712. The first kappa shape index (κ1) is 19.0. The highest BCUT2D eigenvalue weighted by atomic mass is 35.5. The zero-order valence-corrected chi connectivity index (χ0v) is 15.0. The van der Waals surface area contributed by atoms with Crippen molar-refractivity contribution in [3.8, 4) is 0 Å². The van der Waals surface area contributed by atoms with Gasteiger partial charge in [-0.2, -0.15) is 0 Å². The van der Waals surface area contributed by atoms with Gasteiger partial charge in [-0.15, -0.1) is 47.9 Å². The third-order valence-electron chi connectivity index (χ3n) is 3.52. The number of likely N-dealkylation sites (N-methyl/N-ethyl adjacent to an activating group) is 1. The Morgan fingerprint density at radius 3 is 3.00 bits per heavy atom. The van der Waals surface area contributed by atoms with Crippen molar-refractivity contribution < 1.29 is 4.79 Å². The summed E-state index contributed by atoms with van der Waals surface area (Å²) in [6, 6.07) is -0.0712. The van der Waals surface area contributed by atoms with Crippen LogP contribution in [0.1, 0.15) is 17.5 Å². The second-order valence-electron chi connectivity index (χ2n) is 4.77. The number of amides is 1. The SMILES string of the molecule is CCN1CCc2nc(NC(=O)C3CSCN3)sc2C1.Cl.Cl. The molecule has 1 atom stereocenters. The number of nitrogens with zero attached hydrogens (tertiary/aromatic N) is 2. The second kappa shape index (κ2) is 8.55. The monoisotopic (exact) mass is 370 g/mol. The molecule has 0 bridgehead atoms. The first-order valence-electron chi connectivity index (χ1n) is 6.59. The normalized spacial score (nSPS) is 21.1. The summed E-state index contributed by atoms with van der Waals surface area (Å²) in [5.74, 6) is 1.75. The third-order valence-corrected chi connectivity index (χ3v) is 5.46.